The van der Waals surface area contributed by atoms with E-state index in [1.807, 2.05) is 31.2 Å². The molecular weight excluding hydrogens is 356 g/mol. The van der Waals surface area contributed by atoms with E-state index in [1.165, 1.54) is 12.3 Å². The van der Waals surface area contributed by atoms with Crippen molar-refractivity contribution in [1.29, 1.82) is 0 Å². The maximum absolute atomic E-state index is 12.3. The van der Waals surface area contributed by atoms with Crippen LogP contribution in [0.4, 0.5) is 11.6 Å². The van der Waals surface area contributed by atoms with Gasteiger partial charge in [-0.25, -0.2) is 18.4 Å². The summed E-state index contributed by atoms with van der Waals surface area (Å²) in [6, 6.07) is 8.46. The van der Waals surface area contributed by atoms with Crippen molar-refractivity contribution in [1.82, 2.24) is 15.3 Å². The van der Waals surface area contributed by atoms with Gasteiger partial charge in [-0.3, -0.25) is 4.79 Å². The highest BCUT2D eigenvalue weighted by Gasteiger charge is 2.29. The molecule has 2 heterocycles. The van der Waals surface area contributed by atoms with Crippen LogP contribution < -0.4 is 15.4 Å². The van der Waals surface area contributed by atoms with Crippen LogP contribution in [-0.2, 0) is 9.84 Å². The summed E-state index contributed by atoms with van der Waals surface area (Å²) in [6.45, 7) is 2.41. The molecule has 1 fully saturated rings. The van der Waals surface area contributed by atoms with Gasteiger partial charge in [0.2, 0.25) is 5.95 Å². The topological polar surface area (TPSA) is 110 Å². The molecule has 0 saturated carbocycles. The summed E-state index contributed by atoms with van der Waals surface area (Å²) < 4.78 is 28.5. The lowest BCUT2D eigenvalue weighted by Gasteiger charge is -2.12. The predicted molar refractivity (Wildman–Crippen MR) is 97.5 cm³/mol. The molecule has 9 heteroatoms. The van der Waals surface area contributed by atoms with E-state index in [0.717, 1.165) is 0 Å². The molecule has 2 aromatic rings. The molecule has 1 atom stereocenters. The first-order valence-electron chi connectivity index (χ1n) is 8.30. The molecule has 0 bridgehead atoms. The number of carbonyl (C=O) groups excluding carboxylic acids is 1. The van der Waals surface area contributed by atoms with Crippen molar-refractivity contribution in [3.8, 4) is 5.75 Å². The zero-order chi connectivity index (χ0) is 18.6. The first-order chi connectivity index (χ1) is 12.5. The van der Waals surface area contributed by atoms with Gasteiger partial charge in [-0.05, 0) is 31.5 Å². The average molecular weight is 376 g/mol. The summed E-state index contributed by atoms with van der Waals surface area (Å²) in [7, 11) is -3.06. The van der Waals surface area contributed by atoms with Crippen LogP contribution in [0.1, 0.15) is 23.8 Å². The number of sulfone groups is 1. The Balaban J connectivity index is 1.71. The average Bonchev–Trinajstić information content (AvgIpc) is 2.95. The van der Waals surface area contributed by atoms with Gasteiger partial charge in [-0.1, -0.05) is 12.1 Å². The molecule has 138 valence electrons. The third-order valence-corrected chi connectivity index (χ3v) is 5.66. The maximum atomic E-state index is 12.3. The van der Waals surface area contributed by atoms with E-state index in [1.54, 1.807) is 0 Å². The van der Waals surface area contributed by atoms with E-state index in [-0.39, 0.29) is 29.2 Å². The second-order valence-electron chi connectivity index (χ2n) is 5.89. The normalized spacial score (nSPS) is 18.3. The Bertz CT molecular complexity index is 901. The monoisotopic (exact) mass is 376 g/mol. The molecule has 1 unspecified atom stereocenters. The quantitative estimate of drug-likeness (QED) is 0.787. The van der Waals surface area contributed by atoms with Gasteiger partial charge in [0, 0.05) is 12.2 Å². The van der Waals surface area contributed by atoms with Crippen molar-refractivity contribution in [3.05, 3.63) is 42.2 Å². The van der Waals surface area contributed by atoms with Crippen molar-refractivity contribution >= 4 is 27.4 Å². The van der Waals surface area contributed by atoms with Crippen molar-refractivity contribution < 1.29 is 17.9 Å². The Morgan fingerprint density at radius 1 is 1.31 bits per heavy atom. The van der Waals surface area contributed by atoms with Crippen LogP contribution in [-0.4, -0.2) is 48.4 Å². The summed E-state index contributed by atoms with van der Waals surface area (Å²) in [4.78, 5) is 20.7. The van der Waals surface area contributed by atoms with E-state index in [0.29, 0.717) is 24.5 Å². The Morgan fingerprint density at radius 2 is 2.12 bits per heavy atom. The molecule has 1 aromatic heterocycles. The molecule has 0 spiro atoms. The van der Waals surface area contributed by atoms with Gasteiger partial charge in [0.1, 0.15) is 11.4 Å². The number of hydrogen-bond acceptors (Lipinski definition) is 7. The van der Waals surface area contributed by atoms with Crippen molar-refractivity contribution in [2.24, 2.45) is 0 Å². The Morgan fingerprint density at radius 3 is 2.85 bits per heavy atom. The number of rotatable bonds is 6. The van der Waals surface area contributed by atoms with E-state index >= 15 is 0 Å². The van der Waals surface area contributed by atoms with E-state index in [4.69, 9.17) is 4.74 Å². The molecule has 1 aliphatic rings. The summed E-state index contributed by atoms with van der Waals surface area (Å²) in [5.74, 6) is 0.559. The number of nitrogens with zero attached hydrogens (tertiary/aromatic N) is 2. The van der Waals surface area contributed by atoms with Crippen molar-refractivity contribution in [3.63, 3.8) is 0 Å². The first-order valence-corrected chi connectivity index (χ1v) is 10.1. The van der Waals surface area contributed by atoms with Crippen LogP contribution in [0.25, 0.3) is 0 Å². The molecule has 3 rings (SSSR count). The van der Waals surface area contributed by atoms with Crippen LogP contribution in [0, 0.1) is 0 Å². The number of aromatic nitrogens is 2. The molecule has 1 saturated heterocycles. The van der Waals surface area contributed by atoms with E-state index in [9.17, 15) is 13.2 Å². The van der Waals surface area contributed by atoms with Crippen molar-refractivity contribution in [2.45, 2.75) is 19.4 Å². The lowest BCUT2D eigenvalue weighted by molar-refractivity contribution is 0.0936. The Kier molecular flexibility index (Phi) is 5.36. The smallest absolute Gasteiger partial charge is 0.270 e. The molecule has 2 N–H and O–H groups in total. The minimum Gasteiger partial charge on any atom is -0.492 e. The third-order valence-electron chi connectivity index (χ3n) is 3.89. The molecule has 1 aromatic carbocycles. The second-order valence-corrected chi connectivity index (χ2v) is 8.12. The minimum absolute atomic E-state index is 0.0311. The number of para-hydroxylation sites is 2. The maximum Gasteiger partial charge on any atom is 0.270 e. The number of hydrogen-bond donors (Lipinski definition) is 2. The van der Waals surface area contributed by atoms with Crippen LogP contribution in [0.2, 0.25) is 0 Å². The van der Waals surface area contributed by atoms with Crippen LogP contribution in [0.3, 0.4) is 0 Å². The number of ether oxygens (including phenoxy) is 1. The number of benzene rings is 1. The van der Waals surface area contributed by atoms with Gasteiger partial charge in [0.05, 0.1) is 23.8 Å². The summed E-state index contributed by atoms with van der Waals surface area (Å²) >= 11 is 0. The lowest BCUT2D eigenvalue weighted by atomic mass is 10.2. The van der Waals surface area contributed by atoms with E-state index < -0.39 is 15.7 Å². The Hall–Kier alpha value is -2.68. The molecule has 1 amide bonds. The largest absolute Gasteiger partial charge is 0.492 e. The fourth-order valence-corrected chi connectivity index (χ4v) is 4.36. The number of carbonyl (C=O) groups is 1. The number of amides is 1. The lowest BCUT2D eigenvalue weighted by Crippen LogP contribution is -2.36. The predicted octanol–water partition coefficient (Wildman–Crippen LogP) is 1.54. The zero-order valence-electron chi connectivity index (χ0n) is 14.3. The van der Waals surface area contributed by atoms with Gasteiger partial charge in [0.25, 0.3) is 5.91 Å². The number of nitrogens with one attached hydrogen (secondary N) is 2. The third kappa shape index (κ3) is 4.48. The van der Waals surface area contributed by atoms with Crippen LogP contribution >= 0.6 is 0 Å². The highest BCUT2D eigenvalue weighted by molar-refractivity contribution is 7.91. The first kappa shape index (κ1) is 18.1. The minimum atomic E-state index is -3.06. The fourth-order valence-electron chi connectivity index (χ4n) is 2.69. The fraction of sp³-hybridized carbons (Fsp3) is 0.353. The van der Waals surface area contributed by atoms with Crippen LogP contribution in [0.15, 0.2) is 36.5 Å². The second kappa shape index (κ2) is 7.69. The standard InChI is InChI=1S/C17H20N4O4S/c1-2-25-15-6-4-3-5-13(15)20-17-18-9-7-14(21-17)16(22)19-12-8-10-26(23,24)11-12/h3-7,9,12H,2,8,10-11H2,1H3,(H,19,22)(H,18,20,21). The van der Waals surface area contributed by atoms with Crippen LogP contribution in [0.5, 0.6) is 5.75 Å². The highest BCUT2D eigenvalue weighted by atomic mass is 32.2. The summed E-state index contributed by atoms with van der Waals surface area (Å²) in [6.07, 6.45) is 1.89. The Labute approximate surface area is 151 Å². The SMILES string of the molecule is CCOc1ccccc1Nc1nccc(C(=O)NC2CCS(=O)(=O)C2)n1. The summed E-state index contributed by atoms with van der Waals surface area (Å²) in [5, 5.41) is 5.75. The molecule has 1 aliphatic heterocycles. The highest BCUT2D eigenvalue weighted by Crippen LogP contribution is 2.26. The van der Waals surface area contributed by atoms with Gasteiger partial charge in [-0.2, -0.15) is 0 Å². The molecule has 26 heavy (non-hydrogen) atoms. The number of anilines is 2. The van der Waals surface area contributed by atoms with Crippen molar-refractivity contribution in [2.75, 3.05) is 23.4 Å². The van der Waals surface area contributed by atoms with Gasteiger partial charge < -0.3 is 15.4 Å². The molecule has 0 aliphatic carbocycles. The van der Waals surface area contributed by atoms with Gasteiger partial charge in [0.15, 0.2) is 9.84 Å². The van der Waals surface area contributed by atoms with Gasteiger partial charge in [-0.15, -0.1) is 0 Å². The van der Waals surface area contributed by atoms with Gasteiger partial charge >= 0.3 is 0 Å². The molecule has 0 radical (unpaired) electrons. The summed E-state index contributed by atoms with van der Waals surface area (Å²) in [5.41, 5.74) is 0.856. The zero-order valence-corrected chi connectivity index (χ0v) is 15.1. The van der Waals surface area contributed by atoms with E-state index in [2.05, 4.69) is 20.6 Å². The molecule has 8 nitrogen and oxygen atoms in total. The molecular formula is C17H20N4O4S.